The number of carbonyl (C=O) groups is 2. The van der Waals surface area contributed by atoms with Crippen LogP contribution in [-0.4, -0.2) is 24.3 Å². The molecule has 1 rings (SSSR count). The van der Waals surface area contributed by atoms with Gasteiger partial charge >= 0.3 is 0 Å². The standard InChI is InChI=1S/C16H22FNO3/c1-4-5-6-9-18-16(20)12(3)21-15-8-7-13(17)10-14(15)11(2)19/h7-8,10,12H,4-6,9H2,1-3H3,(H,18,20). The highest BCUT2D eigenvalue weighted by Gasteiger charge is 2.17. The second kappa shape index (κ2) is 8.39. The highest BCUT2D eigenvalue weighted by atomic mass is 19.1. The van der Waals surface area contributed by atoms with E-state index in [1.54, 1.807) is 6.92 Å². The minimum Gasteiger partial charge on any atom is -0.480 e. The number of carbonyl (C=O) groups excluding carboxylic acids is 2. The van der Waals surface area contributed by atoms with E-state index in [0.717, 1.165) is 25.3 Å². The van der Waals surface area contributed by atoms with Crippen molar-refractivity contribution in [2.75, 3.05) is 6.54 Å². The van der Waals surface area contributed by atoms with Crippen molar-refractivity contribution in [3.05, 3.63) is 29.6 Å². The van der Waals surface area contributed by atoms with E-state index >= 15 is 0 Å². The van der Waals surface area contributed by atoms with Crippen LogP contribution in [0.4, 0.5) is 4.39 Å². The van der Waals surface area contributed by atoms with Gasteiger partial charge in [0.15, 0.2) is 11.9 Å². The van der Waals surface area contributed by atoms with Crippen molar-refractivity contribution in [1.82, 2.24) is 5.32 Å². The minimum atomic E-state index is -0.741. The number of Topliss-reactive ketones (excluding diaryl/α,β-unsaturated/α-hetero) is 1. The molecule has 1 N–H and O–H groups in total. The van der Waals surface area contributed by atoms with Crippen LogP contribution in [0.5, 0.6) is 5.75 Å². The summed E-state index contributed by atoms with van der Waals surface area (Å²) in [5.41, 5.74) is 0.139. The summed E-state index contributed by atoms with van der Waals surface area (Å²) in [6, 6.07) is 3.68. The Kier molecular flexibility index (Phi) is 6.85. The van der Waals surface area contributed by atoms with Gasteiger partial charge in [0.1, 0.15) is 11.6 Å². The van der Waals surface area contributed by atoms with E-state index in [1.165, 1.54) is 19.1 Å². The summed E-state index contributed by atoms with van der Waals surface area (Å²) < 4.78 is 18.6. The molecule has 1 unspecified atom stereocenters. The van der Waals surface area contributed by atoms with Gasteiger partial charge in [-0.15, -0.1) is 0 Å². The normalized spacial score (nSPS) is 11.8. The molecule has 0 aromatic heterocycles. The van der Waals surface area contributed by atoms with Gasteiger partial charge in [0.25, 0.3) is 5.91 Å². The highest BCUT2D eigenvalue weighted by molar-refractivity contribution is 5.97. The number of halogens is 1. The Hall–Kier alpha value is -1.91. The van der Waals surface area contributed by atoms with E-state index < -0.39 is 11.9 Å². The number of hydrogen-bond acceptors (Lipinski definition) is 3. The summed E-state index contributed by atoms with van der Waals surface area (Å²) in [5, 5.41) is 2.77. The zero-order valence-corrected chi connectivity index (χ0v) is 12.7. The van der Waals surface area contributed by atoms with Crippen LogP contribution in [0.3, 0.4) is 0 Å². The Morgan fingerprint density at radius 1 is 1.33 bits per heavy atom. The lowest BCUT2D eigenvalue weighted by Crippen LogP contribution is -2.37. The number of amides is 1. The van der Waals surface area contributed by atoms with E-state index in [-0.39, 0.29) is 23.0 Å². The Bertz CT molecular complexity index is 502. The second-order valence-corrected chi connectivity index (χ2v) is 4.95. The van der Waals surface area contributed by atoms with Gasteiger partial charge in [-0.3, -0.25) is 9.59 Å². The molecule has 0 saturated carbocycles. The number of ether oxygens (including phenoxy) is 1. The molecule has 116 valence electrons. The molecule has 1 atom stereocenters. The van der Waals surface area contributed by atoms with Crippen LogP contribution in [-0.2, 0) is 4.79 Å². The number of benzene rings is 1. The maximum Gasteiger partial charge on any atom is 0.260 e. The molecule has 1 amide bonds. The molecule has 4 nitrogen and oxygen atoms in total. The third-order valence-corrected chi connectivity index (χ3v) is 3.07. The minimum absolute atomic E-state index is 0.139. The lowest BCUT2D eigenvalue weighted by molar-refractivity contribution is -0.127. The Morgan fingerprint density at radius 3 is 2.67 bits per heavy atom. The first kappa shape index (κ1) is 17.1. The molecule has 0 spiro atoms. The molecule has 1 aromatic rings. The highest BCUT2D eigenvalue weighted by Crippen LogP contribution is 2.21. The third-order valence-electron chi connectivity index (χ3n) is 3.07. The molecule has 0 aliphatic carbocycles. The van der Waals surface area contributed by atoms with E-state index in [1.807, 2.05) is 0 Å². The van der Waals surface area contributed by atoms with Gasteiger partial charge in [0.05, 0.1) is 5.56 Å². The van der Waals surface area contributed by atoms with Crippen LogP contribution < -0.4 is 10.1 Å². The maximum absolute atomic E-state index is 13.2. The second-order valence-electron chi connectivity index (χ2n) is 4.95. The Labute approximate surface area is 124 Å². The monoisotopic (exact) mass is 295 g/mol. The molecule has 0 fully saturated rings. The zero-order valence-electron chi connectivity index (χ0n) is 12.7. The fourth-order valence-electron chi connectivity index (χ4n) is 1.85. The van der Waals surface area contributed by atoms with E-state index in [4.69, 9.17) is 4.74 Å². The van der Waals surface area contributed by atoms with Crippen molar-refractivity contribution >= 4 is 11.7 Å². The quantitative estimate of drug-likeness (QED) is 0.592. The van der Waals surface area contributed by atoms with Crippen LogP contribution in [0.2, 0.25) is 0 Å². The third kappa shape index (κ3) is 5.53. The first-order valence-electron chi connectivity index (χ1n) is 7.20. The number of ketones is 1. The molecule has 1 aromatic carbocycles. The fourth-order valence-corrected chi connectivity index (χ4v) is 1.85. The number of hydrogen-bond donors (Lipinski definition) is 1. The van der Waals surface area contributed by atoms with Crippen molar-refractivity contribution in [2.24, 2.45) is 0 Å². The van der Waals surface area contributed by atoms with E-state index in [2.05, 4.69) is 12.2 Å². The molecule has 0 heterocycles. The van der Waals surface area contributed by atoms with E-state index in [9.17, 15) is 14.0 Å². The topological polar surface area (TPSA) is 55.4 Å². The lowest BCUT2D eigenvalue weighted by atomic mass is 10.1. The molecule has 0 radical (unpaired) electrons. The van der Waals surface area contributed by atoms with Crippen LogP contribution >= 0.6 is 0 Å². The predicted octanol–water partition coefficient (Wildman–Crippen LogP) is 3.10. The maximum atomic E-state index is 13.2. The smallest absolute Gasteiger partial charge is 0.260 e. The van der Waals surface area contributed by atoms with E-state index in [0.29, 0.717) is 6.54 Å². The summed E-state index contributed by atoms with van der Waals surface area (Å²) in [5.74, 6) is -0.839. The SMILES string of the molecule is CCCCCNC(=O)C(C)Oc1ccc(F)cc1C(C)=O. The summed E-state index contributed by atoms with van der Waals surface area (Å²) in [6.07, 6.45) is 2.32. The molecule has 21 heavy (non-hydrogen) atoms. The van der Waals surface area contributed by atoms with Crippen LogP contribution in [0.25, 0.3) is 0 Å². The molecule has 0 saturated heterocycles. The zero-order chi connectivity index (χ0) is 15.8. The van der Waals surface area contributed by atoms with Crippen LogP contribution in [0, 0.1) is 5.82 Å². The van der Waals surface area contributed by atoms with Gasteiger partial charge in [-0.25, -0.2) is 4.39 Å². The fraction of sp³-hybridized carbons (Fsp3) is 0.500. The average molecular weight is 295 g/mol. The summed E-state index contributed by atoms with van der Waals surface area (Å²) in [4.78, 5) is 23.3. The molecular formula is C16H22FNO3. The van der Waals surface area contributed by atoms with Gasteiger partial charge in [-0.1, -0.05) is 19.8 Å². The summed E-state index contributed by atoms with van der Waals surface area (Å²) in [7, 11) is 0. The van der Waals surface area contributed by atoms with Gasteiger partial charge < -0.3 is 10.1 Å². The van der Waals surface area contributed by atoms with Gasteiger partial charge in [-0.2, -0.15) is 0 Å². The summed E-state index contributed by atoms with van der Waals surface area (Å²) >= 11 is 0. The van der Waals surface area contributed by atoms with Crippen molar-refractivity contribution in [2.45, 2.75) is 46.1 Å². The largest absolute Gasteiger partial charge is 0.480 e. The molecular weight excluding hydrogens is 273 g/mol. The summed E-state index contributed by atoms with van der Waals surface area (Å²) in [6.45, 7) is 5.62. The Morgan fingerprint density at radius 2 is 2.05 bits per heavy atom. The number of rotatable bonds is 8. The number of unbranched alkanes of at least 4 members (excludes halogenated alkanes) is 2. The first-order chi connectivity index (χ1) is 9.95. The van der Waals surface area contributed by atoms with Crippen molar-refractivity contribution in [1.29, 1.82) is 0 Å². The van der Waals surface area contributed by atoms with Gasteiger partial charge in [0.2, 0.25) is 0 Å². The van der Waals surface area contributed by atoms with Crippen molar-refractivity contribution in [3.8, 4) is 5.75 Å². The predicted molar refractivity (Wildman–Crippen MR) is 79.0 cm³/mol. The molecule has 0 aliphatic heterocycles. The molecule has 5 heteroatoms. The van der Waals surface area contributed by atoms with Crippen molar-refractivity contribution < 1.29 is 18.7 Å². The molecule has 0 bridgehead atoms. The van der Waals surface area contributed by atoms with Crippen molar-refractivity contribution in [3.63, 3.8) is 0 Å². The van der Waals surface area contributed by atoms with Crippen LogP contribution in [0.15, 0.2) is 18.2 Å². The van der Waals surface area contributed by atoms with Gasteiger partial charge in [-0.05, 0) is 38.5 Å². The average Bonchev–Trinajstić information content (AvgIpc) is 2.44. The lowest BCUT2D eigenvalue weighted by Gasteiger charge is -2.16. The first-order valence-corrected chi connectivity index (χ1v) is 7.20. The molecule has 0 aliphatic rings. The Balaban J connectivity index is 2.63. The van der Waals surface area contributed by atoms with Crippen LogP contribution in [0.1, 0.15) is 50.4 Å². The van der Waals surface area contributed by atoms with Gasteiger partial charge in [0, 0.05) is 6.54 Å². The number of nitrogens with one attached hydrogen (secondary N) is 1.